The zero-order valence-corrected chi connectivity index (χ0v) is 20.2. The van der Waals surface area contributed by atoms with Gasteiger partial charge in [-0.25, -0.2) is 0 Å². The Morgan fingerprint density at radius 1 is 1.03 bits per heavy atom. The van der Waals surface area contributed by atoms with Gasteiger partial charge in [0.05, 0.1) is 25.4 Å². The number of hydrogen-bond donors (Lipinski definition) is 2. The van der Waals surface area contributed by atoms with Gasteiger partial charge in [0.2, 0.25) is 8.32 Å². The maximum absolute atomic E-state index is 11.0. The summed E-state index contributed by atoms with van der Waals surface area (Å²) in [6, 6.07) is 9.93. The average molecular weight is 421 g/mol. The Morgan fingerprint density at radius 2 is 1.59 bits per heavy atom. The zero-order chi connectivity index (χ0) is 21.8. The van der Waals surface area contributed by atoms with Crippen LogP contribution in [-0.2, 0) is 15.8 Å². The molecule has 1 aliphatic rings. The van der Waals surface area contributed by atoms with Crippen LogP contribution < -0.4 is 0 Å². The Kier molecular flexibility index (Phi) is 8.28. The van der Waals surface area contributed by atoms with Crippen molar-refractivity contribution >= 4 is 8.32 Å². The molecule has 3 atom stereocenters. The van der Waals surface area contributed by atoms with Crippen LogP contribution in [0.1, 0.15) is 60.5 Å². The lowest BCUT2D eigenvalue weighted by atomic mass is 9.83. The predicted octanol–water partition coefficient (Wildman–Crippen LogP) is 5.21. The third-order valence-electron chi connectivity index (χ3n) is 6.57. The third-order valence-corrected chi connectivity index (χ3v) is 12.7. The van der Waals surface area contributed by atoms with E-state index in [1.165, 1.54) is 0 Å². The molecule has 0 radical (unpaired) electrons. The fraction of sp³-hybridized carbons (Fsp3) is 0.667. The summed E-state index contributed by atoms with van der Waals surface area (Å²) in [6.45, 7) is 15.7. The van der Waals surface area contributed by atoms with E-state index in [0.29, 0.717) is 29.7 Å². The highest BCUT2D eigenvalue weighted by molar-refractivity contribution is 6.77. The molecule has 2 N–H and O–H groups in total. The molecule has 0 fully saturated rings. The van der Waals surface area contributed by atoms with Gasteiger partial charge in [0.15, 0.2) is 0 Å². The molecule has 2 rings (SSSR count). The minimum Gasteiger partial charge on any atom is -0.409 e. The van der Waals surface area contributed by atoms with E-state index in [4.69, 9.17) is 9.16 Å². The SMILES string of the molecule is CC1=C[C@@](O)(CO)[C@@H](OCc2ccccc2)C[C@@H]1O[Si](C(C)C)(C(C)C)C(C)C. The van der Waals surface area contributed by atoms with Gasteiger partial charge in [-0.15, -0.1) is 0 Å². The van der Waals surface area contributed by atoms with Crippen molar-refractivity contribution < 1.29 is 19.4 Å². The van der Waals surface area contributed by atoms with Crippen LogP contribution in [-0.4, -0.2) is 42.9 Å². The van der Waals surface area contributed by atoms with Crippen LogP contribution >= 0.6 is 0 Å². The summed E-state index contributed by atoms with van der Waals surface area (Å²) in [4.78, 5) is 0. The van der Waals surface area contributed by atoms with Gasteiger partial charge in [-0.3, -0.25) is 0 Å². The fourth-order valence-corrected chi connectivity index (χ4v) is 10.7. The van der Waals surface area contributed by atoms with E-state index in [1.807, 2.05) is 37.3 Å². The smallest absolute Gasteiger partial charge is 0.201 e. The molecule has 1 aliphatic carbocycles. The number of ether oxygens (including phenoxy) is 1. The van der Waals surface area contributed by atoms with Gasteiger partial charge >= 0.3 is 0 Å². The van der Waals surface area contributed by atoms with E-state index >= 15 is 0 Å². The first-order valence-electron chi connectivity index (χ1n) is 10.9. The molecule has 164 valence electrons. The molecule has 4 nitrogen and oxygen atoms in total. The summed E-state index contributed by atoms with van der Waals surface area (Å²) >= 11 is 0. The summed E-state index contributed by atoms with van der Waals surface area (Å²) in [5.74, 6) is 0. The molecule has 0 saturated carbocycles. The van der Waals surface area contributed by atoms with Crippen molar-refractivity contribution in [2.24, 2.45) is 0 Å². The summed E-state index contributed by atoms with van der Waals surface area (Å²) in [6.07, 6.45) is 1.70. The summed E-state index contributed by atoms with van der Waals surface area (Å²) in [5, 5.41) is 20.9. The second-order valence-electron chi connectivity index (χ2n) is 9.48. The molecule has 29 heavy (non-hydrogen) atoms. The first kappa shape index (κ1) is 24.3. The van der Waals surface area contributed by atoms with E-state index in [1.54, 1.807) is 6.08 Å². The molecular weight excluding hydrogens is 380 g/mol. The average Bonchev–Trinajstić information content (AvgIpc) is 2.66. The maximum Gasteiger partial charge on any atom is 0.201 e. The third kappa shape index (κ3) is 5.20. The number of aliphatic hydroxyl groups is 2. The topological polar surface area (TPSA) is 58.9 Å². The normalized spacial score (nSPS) is 25.7. The lowest BCUT2D eigenvalue weighted by Crippen LogP contribution is -2.55. The van der Waals surface area contributed by atoms with Crippen LogP contribution in [0.4, 0.5) is 0 Å². The van der Waals surface area contributed by atoms with Gasteiger partial charge in [0.25, 0.3) is 0 Å². The van der Waals surface area contributed by atoms with Crippen molar-refractivity contribution in [2.75, 3.05) is 6.61 Å². The highest BCUT2D eigenvalue weighted by atomic mass is 28.4. The van der Waals surface area contributed by atoms with Crippen molar-refractivity contribution in [1.29, 1.82) is 0 Å². The first-order chi connectivity index (χ1) is 13.6. The van der Waals surface area contributed by atoms with Crippen LogP contribution in [0.15, 0.2) is 42.0 Å². The Bertz CT molecular complexity index is 649. The highest BCUT2D eigenvalue weighted by Gasteiger charge is 2.49. The molecule has 0 unspecified atom stereocenters. The largest absolute Gasteiger partial charge is 0.409 e. The van der Waals surface area contributed by atoms with Gasteiger partial charge in [0.1, 0.15) is 5.60 Å². The number of hydrogen-bond acceptors (Lipinski definition) is 4. The van der Waals surface area contributed by atoms with Crippen molar-refractivity contribution in [1.82, 2.24) is 0 Å². The number of aliphatic hydroxyl groups excluding tert-OH is 1. The van der Waals surface area contributed by atoms with Crippen LogP contribution in [0.2, 0.25) is 16.6 Å². The number of rotatable bonds is 9. The fourth-order valence-electron chi connectivity index (χ4n) is 5.09. The molecule has 1 aromatic carbocycles. The van der Waals surface area contributed by atoms with E-state index < -0.39 is 20.0 Å². The molecule has 5 heteroatoms. The summed E-state index contributed by atoms with van der Waals surface area (Å²) < 4.78 is 13.1. The van der Waals surface area contributed by atoms with Crippen LogP contribution in [0.25, 0.3) is 0 Å². The van der Waals surface area contributed by atoms with E-state index in [-0.39, 0.29) is 12.7 Å². The van der Waals surface area contributed by atoms with Crippen molar-refractivity contribution in [3.05, 3.63) is 47.5 Å². The molecule has 0 bridgehead atoms. The van der Waals surface area contributed by atoms with Crippen molar-refractivity contribution in [2.45, 2.75) is 95.9 Å². The maximum atomic E-state index is 11.0. The quantitative estimate of drug-likeness (QED) is 0.425. The highest BCUT2D eigenvalue weighted by Crippen LogP contribution is 2.45. The van der Waals surface area contributed by atoms with E-state index in [9.17, 15) is 10.2 Å². The minimum absolute atomic E-state index is 0.0959. The van der Waals surface area contributed by atoms with E-state index in [2.05, 4.69) is 41.5 Å². The standard InChI is InChI=1S/C24H40O4Si/c1-17(2)29(18(3)4,19(5)6)28-22-13-23(24(26,16-25)14-20(22)7)27-15-21-11-9-8-10-12-21/h8-12,14,17-19,22-23,25-26H,13,15-16H2,1-7H3/t22-,23-,24+/m0/s1. The van der Waals surface area contributed by atoms with Gasteiger partial charge in [-0.05, 0) is 40.8 Å². The van der Waals surface area contributed by atoms with Crippen LogP contribution in [0.5, 0.6) is 0 Å². The Balaban J connectivity index is 2.28. The van der Waals surface area contributed by atoms with Crippen molar-refractivity contribution in [3.8, 4) is 0 Å². The zero-order valence-electron chi connectivity index (χ0n) is 19.2. The summed E-state index contributed by atoms with van der Waals surface area (Å²) in [5.41, 5.74) is 2.11. The molecule has 0 amide bonds. The lowest BCUT2D eigenvalue weighted by molar-refractivity contribution is -0.127. The molecule has 0 aromatic heterocycles. The first-order valence-corrected chi connectivity index (χ1v) is 13.1. The van der Waals surface area contributed by atoms with Crippen molar-refractivity contribution in [3.63, 3.8) is 0 Å². The van der Waals surface area contributed by atoms with Gasteiger partial charge < -0.3 is 19.4 Å². The Morgan fingerprint density at radius 3 is 2.07 bits per heavy atom. The summed E-state index contributed by atoms with van der Waals surface area (Å²) in [7, 11) is -2.07. The molecule has 1 aromatic rings. The molecule has 0 saturated heterocycles. The Hall–Kier alpha value is -0.983. The monoisotopic (exact) mass is 420 g/mol. The molecule has 0 heterocycles. The van der Waals surface area contributed by atoms with Crippen LogP contribution in [0.3, 0.4) is 0 Å². The van der Waals surface area contributed by atoms with Crippen LogP contribution in [0, 0.1) is 0 Å². The Labute approximate surface area is 178 Å². The molecular formula is C24H40O4Si. The second-order valence-corrected chi connectivity index (χ2v) is 14.9. The molecule has 0 aliphatic heterocycles. The lowest BCUT2D eigenvalue weighted by Gasteiger charge is -2.48. The van der Waals surface area contributed by atoms with Gasteiger partial charge in [-0.1, -0.05) is 71.9 Å². The van der Waals surface area contributed by atoms with Gasteiger partial charge in [-0.2, -0.15) is 0 Å². The second kappa shape index (κ2) is 9.88. The molecule has 0 spiro atoms. The number of benzene rings is 1. The van der Waals surface area contributed by atoms with E-state index in [0.717, 1.165) is 11.1 Å². The predicted molar refractivity (Wildman–Crippen MR) is 121 cm³/mol. The minimum atomic E-state index is -2.07. The van der Waals surface area contributed by atoms with Gasteiger partial charge in [0, 0.05) is 6.42 Å².